The Hall–Kier alpha value is -3.60. The number of hydrogen-bond acceptors (Lipinski definition) is 7. The molecule has 11 heteroatoms. The Bertz CT molecular complexity index is 1320. The second kappa shape index (κ2) is 9.90. The van der Waals surface area contributed by atoms with Crippen LogP contribution in [0.4, 0.5) is 5.69 Å². The van der Waals surface area contributed by atoms with E-state index in [1.807, 2.05) is 13.8 Å². The highest BCUT2D eigenvalue weighted by Gasteiger charge is 2.23. The van der Waals surface area contributed by atoms with Crippen LogP contribution in [0.15, 0.2) is 50.8 Å². The van der Waals surface area contributed by atoms with Crippen molar-refractivity contribution in [3.8, 4) is 5.75 Å². The van der Waals surface area contributed by atoms with Crippen molar-refractivity contribution in [1.82, 2.24) is 9.66 Å². The van der Waals surface area contributed by atoms with Gasteiger partial charge < -0.3 is 9.84 Å². The minimum absolute atomic E-state index is 0.101. The molecule has 1 heterocycles. The van der Waals surface area contributed by atoms with Crippen LogP contribution in [0.3, 0.4) is 0 Å². The second-order valence-electron chi connectivity index (χ2n) is 7.35. The number of carbonyl (C=O) groups is 1. The summed E-state index contributed by atoms with van der Waals surface area (Å²) in [5.74, 6) is -1.21. The van der Waals surface area contributed by atoms with Crippen molar-refractivity contribution >= 4 is 44.7 Å². The maximum atomic E-state index is 13.2. The summed E-state index contributed by atoms with van der Waals surface area (Å²) in [7, 11) is 0. The molecule has 2 atom stereocenters. The summed E-state index contributed by atoms with van der Waals surface area (Å²) < 4.78 is 7.23. The zero-order valence-electron chi connectivity index (χ0n) is 18.1. The fourth-order valence-electron chi connectivity index (χ4n) is 3.04. The average Bonchev–Trinajstić information content (AvgIpc) is 2.78. The van der Waals surface area contributed by atoms with Gasteiger partial charge in [0.05, 0.1) is 22.0 Å². The quantitative estimate of drug-likeness (QED) is 0.267. The number of fused-ring (bicyclic) bond motifs is 1. The number of nitro benzene ring substituents is 1. The van der Waals surface area contributed by atoms with Crippen LogP contribution in [0.5, 0.6) is 5.75 Å². The van der Waals surface area contributed by atoms with Crippen LogP contribution in [0.1, 0.15) is 44.5 Å². The number of ether oxygens (including phenoxy) is 1. The van der Waals surface area contributed by atoms with E-state index in [1.165, 1.54) is 31.3 Å². The first-order valence-electron chi connectivity index (χ1n) is 10.1. The smallest absolute Gasteiger partial charge is 0.344 e. The Labute approximate surface area is 196 Å². The van der Waals surface area contributed by atoms with Crippen molar-refractivity contribution in [1.29, 1.82) is 0 Å². The summed E-state index contributed by atoms with van der Waals surface area (Å²) in [6.07, 6.45) is 0.595. The molecule has 0 aliphatic heterocycles. The fraction of sp³-hybridized carbons (Fsp3) is 0.273. The predicted octanol–water partition coefficient (Wildman–Crippen LogP) is 4.31. The molecule has 3 rings (SSSR count). The van der Waals surface area contributed by atoms with E-state index in [9.17, 15) is 19.7 Å². The number of nitro groups is 1. The molecule has 1 N–H and O–H groups in total. The van der Waals surface area contributed by atoms with Crippen molar-refractivity contribution in [3.63, 3.8) is 0 Å². The van der Waals surface area contributed by atoms with Crippen LogP contribution in [0, 0.1) is 10.1 Å². The third kappa shape index (κ3) is 5.08. The Morgan fingerprint density at radius 3 is 2.73 bits per heavy atom. The molecular weight excluding hydrogens is 496 g/mol. The van der Waals surface area contributed by atoms with E-state index in [1.54, 1.807) is 18.2 Å². The number of halogens is 1. The normalized spacial score (nSPS) is 13.2. The molecule has 10 nitrogen and oxygen atoms in total. The topological polar surface area (TPSA) is 137 Å². The Balaban J connectivity index is 2.20. The van der Waals surface area contributed by atoms with E-state index in [0.717, 1.165) is 4.68 Å². The average molecular weight is 517 g/mol. The molecule has 0 aliphatic carbocycles. The lowest BCUT2D eigenvalue weighted by Gasteiger charge is -2.15. The van der Waals surface area contributed by atoms with E-state index >= 15 is 0 Å². The van der Waals surface area contributed by atoms with Gasteiger partial charge in [0.25, 0.3) is 5.56 Å². The van der Waals surface area contributed by atoms with Gasteiger partial charge in [-0.3, -0.25) is 14.9 Å². The van der Waals surface area contributed by atoms with Gasteiger partial charge in [-0.2, -0.15) is 9.78 Å². The van der Waals surface area contributed by atoms with Gasteiger partial charge in [-0.15, -0.1) is 0 Å². The molecule has 0 spiro atoms. The lowest BCUT2D eigenvalue weighted by atomic mass is 10.1. The Morgan fingerprint density at radius 1 is 1.36 bits per heavy atom. The number of aliphatic carboxylic acids is 1. The predicted molar refractivity (Wildman–Crippen MR) is 126 cm³/mol. The molecule has 3 aromatic rings. The molecular formula is C22H21BrN4O6. The van der Waals surface area contributed by atoms with Crippen molar-refractivity contribution in [2.45, 2.75) is 39.2 Å². The monoisotopic (exact) mass is 516 g/mol. The minimum Gasteiger partial charge on any atom is -0.479 e. The minimum atomic E-state index is -1.34. The number of hydrogen-bond donors (Lipinski definition) is 1. The molecule has 0 unspecified atom stereocenters. The summed E-state index contributed by atoms with van der Waals surface area (Å²) >= 11 is 3.35. The molecule has 33 heavy (non-hydrogen) atoms. The molecule has 0 amide bonds. The number of carboxylic acids is 1. The highest BCUT2D eigenvalue weighted by molar-refractivity contribution is 9.10. The molecule has 0 saturated heterocycles. The zero-order chi connectivity index (χ0) is 24.3. The number of para-hydroxylation sites is 1. The van der Waals surface area contributed by atoms with Crippen LogP contribution >= 0.6 is 15.9 Å². The fourth-order valence-corrected chi connectivity index (χ4v) is 3.40. The van der Waals surface area contributed by atoms with Crippen molar-refractivity contribution in [3.05, 3.63) is 72.7 Å². The number of carboxylic acid groups (broad SMARTS) is 1. The number of aromatic nitrogens is 2. The summed E-state index contributed by atoms with van der Waals surface area (Å²) in [5.41, 5.74) is -0.144. The second-order valence-corrected chi connectivity index (χ2v) is 8.27. The van der Waals surface area contributed by atoms with Crippen molar-refractivity contribution in [2.75, 3.05) is 0 Å². The van der Waals surface area contributed by atoms with E-state index in [2.05, 4.69) is 26.0 Å². The van der Waals surface area contributed by atoms with Crippen LogP contribution in [-0.2, 0) is 4.79 Å². The first kappa shape index (κ1) is 24.1. The highest BCUT2D eigenvalue weighted by atomic mass is 79.9. The van der Waals surface area contributed by atoms with E-state index in [0.29, 0.717) is 27.6 Å². The molecule has 1 aromatic heterocycles. The van der Waals surface area contributed by atoms with E-state index < -0.39 is 28.2 Å². The Kier molecular flexibility index (Phi) is 7.22. The largest absolute Gasteiger partial charge is 0.479 e. The SMILES string of the molecule is CC[C@H](C)c1nc2ccc(Br)cc2c(=O)n1N=Cc1cccc([N+](=O)[O-])c1O[C@H](C)C(=O)O. The Morgan fingerprint density at radius 2 is 2.09 bits per heavy atom. The maximum absolute atomic E-state index is 13.2. The van der Waals surface area contributed by atoms with Crippen molar-refractivity contribution in [2.24, 2.45) is 5.10 Å². The zero-order valence-corrected chi connectivity index (χ0v) is 19.6. The highest BCUT2D eigenvalue weighted by Crippen LogP contribution is 2.31. The summed E-state index contributed by atoms with van der Waals surface area (Å²) in [4.78, 5) is 39.9. The van der Waals surface area contributed by atoms with Gasteiger partial charge in [0.1, 0.15) is 5.82 Å². The summed E-state index contributed by atoms with van der Waals surface area (Å²) in [6, 6.07) is 9.28. The molecule has 172 valence electrons. The first-order chi connectivity index (χ1) is 15.6. The summed E-state index contributed by atoms with van der Waals surface area (Å²) in [6.45, 7) is 5.13. The third-order valence-electron chi connectivity index (χ3n) is 5.06. The van der Waals surface area contributed by atoms with Crippen molar-refractivity contribution < 1.29 is 19.6 Å². The van der Waals surface area contributed by atoms with Crippen LogP contribution in [0.25, 0.3) is 10.9 Å². The molecule has 0 bridgehead atoms. The lowest BCUT2D eigenvalue weighted by molar-refractivity contribution is -0.386. The van der Waals surface area contributed by atoms with E-state index in [-0.39, 0.29) is 17.2 Å². The molecule has 2 aromatic carbocycles. The maximum Gasteiger partial charge on any atom is 0.344 e. The standard InChI is InChI=1S/C22H21BrN4O6/c1-4-12(2)20-25-17-9-8-15(23)10-16(17)21(28)26(20)24-11-14-6-5-7-18(27(31)32)19(14)33-13(3)22(29)30/h5-13H,4H2,1-3H3,(H,29,30)/t12-,13+/m0/s1. The van der Waals surface area contributed by atoms with Crippen LogP contribution in [-0.4, -0.2) is 38.0 Å². The van der Waals surface area contributed by atoms with Gasteiger partial charge in [0, 0.05) is 22.0 Å². The van der Waals surface area contributed by atoms with Gasteiger partial charge >= 0.3 is 11.7 Å². The van der Waals surface area contributed by atoms with Gasteiger partial charge in [-0.25, -0.2) is 9.78 Å². The van der Waals surface area contributed by atoms with Gasteiger partial charge in [0.2, 0.25) is 5.75 Å². The molecule has 0 saturated carbocycles. The van der Waals surface area contributed by atoms with Gasteiger partial charge in [0.15, 0.2) is 6.10 Å². The number of rotatable bonds is 8. The summed E-state index contributed by atoms with van der Waals surface area (Å²) in [5, 5.41) is 25.3. The van der Waals surface area contributed by atoms with Crippen LogP contribution in [0.2, 0.25) is 0 Å². The van der Waals surface area contributed by atoms with Gasteiger partial charge in [-0.1, -0.05) is 35.8 Å². The van der Waals surface area contributed by atoms with Crippen LogP contribution < -0.4 is 10.3 Å². The lowest BCUT2D eigenvalue weighted by Crippen LogP contribution is -2.24. The molecule has 0 radical (unpaired) electrons. The van der Waals surface area contributed by atoms with E-state index in [4.69, 9.17) is 9.84 Å². The molecule has 0 aliphatic rings. The molecule has 0 fully saturated rings. The van der Waals surface area contributed by atoms with Gasteiger partial charge in [-0.05, 0) is 37.6 Å². The number of nitrogens with zero attached hydrogens (tertiary/aromatic N) is 4. The third-order valence-corrected chi connectivity index (χ3v) is 5.56. The first-order valence-corrected chi connectivity index (χ1v) is 10.9. The number of benzene rings is 2.